The molecule has 7 heteroatoms. The number of aliphatic hydroxyl groups excluding tert-OH is 1. The number of primary amides is 1. The molecule has 0 aromatic heterocycles. The number of carbonyl (C=O) groups is 1. The molecule has 2 rings (SSSR count). The normalized spacial score (nSPS) is 18.7. The van der Waals surface area contributed by atoms with Crippen LogP contribution in [0.15, 0.2) is 23.2 Å². The van der Waals surface area contributed by atoms with Gasteiger partial charge in [-0.05, 0) is 12.1 Å². The van der Waals surface area contributed by atoms with Gasteiger partial charge in [0.25, 0.3) is 0 Å². The molecule has 1 amide bonds. The molecule has 1 heterocycles. The SMILES string of the molecule is NC(=O)c1cc(O)cc(NC2=NCC(O)CN2)c1. The fraction of sp³-hybridized carbons (Fsp3) is 0.273. The summed E-state index contributed by atoms with van der Waals surface area (Å²) in [6, 6.07) is 4.24. The number of guanidine groups is 1. The van der Waals surface area contributed by atoms with E-state index in [0.29, 0.717) is 24.7 Å². The summed E-state index contributed by atoms with van der Waals surface area (Å²) in [5.74, 6) is -0.213. The van der Waals surface area contributed by atoms with Crippen LogP contribution in [0.3, 0.4) is 0 Å². The van der Waals surface area contributed by atoms with Crippen LogP contribution in [0.25, 0.3) is 0 Å². The summed E-state index contributed by atoms with van der Waals surface area (Å²) < 4.78 is 0. The average Bonchev–Trinajstić information content (AvgIpc) is 2.31. The molecule has 0 bridgehead atoms. The van der Waals surface area contributed by atoms with Crippen molar-refractivity contribution in [1.29, 1.82) is 0 Å². The molecule has 0 saturated heterocycles. The molecule has 0 radical (unpaired) electrons. The Bertz CT molecular complexity index is 501. The first-order chi connectivity index (χ1) is 8.54. The summed E-state index contributed by atoms with van der Waals surface area (Å²) in [7, 11) is 0. The quantitative estimate of drug-likeness (QED) is 0.472. The Labute approximate surface area is 103 Å². The van der Waals surface area contributed by atoms with E-state index < -0.39 is 12.0 Å². The van der Waals surface area contributed by atoms with Gasteiger partial charge in [0, 0.05) is 23.9 Å². The lowest BCUT2D eigenvalue weighted by atomic mass is 10.2. The Morgan fingerprint density at radius 3 is 2.89 bits per heavy atom. The van der Waals surface area contributed by atoms with Gasteiger partial charge in [0.1, 0.15) is 5.75 Å². The van der Waals surface area contributed by atoms with E-state index in [1.54, 1.807) is 0 Å². The summed E-state index contributed by atoms with van der Waals surface area (Å²) in [5, 5.41) is 24.5. The first kappa shape index (κ1) is 12.2. The number of anilines is 1. The van der Waals surface area contributed by atoms with Crippen LogP contribution >= 0.6 is 0 Å². The second kappa shape index (κ2) is 4.92. The van der Waals surface area contributed by atoms with E-state index in [0.717, 1.165) is 0 Å². The van der Waals surface area contributed by atoms with Crippen LogP contribution in [0.4, 0.5) is 5.69 Å². The van der Waals surface area contributed by atoms with Gasteiger partial charge in [-0.25, -0.2) is 0 Å². The number of nitrogens with two attached hydrogens (primary N) is 1. The number of β-amino-alcohol motifs (C(OH)–C–C–N with tert-alkyl or cyclic N) is 1. The number of nitrogens with one attached hydrogen (secondary N) is 2. The van der Waals surface area contributed by atoms with Gasteiger partial charge in [0.05, 0.1) is 12.6 Å². The molecule has 0 aliphatic carbocycles. The van der Waals surface area contributed by atoms with Crippen molar-refractivity contribution in [3.63, 3.8) is 0 Å². The van der Waals surface area contributed by atoms with Crippen LogP contribution in [-0.4, -0.2) is 41.3 Å². The Morgan fingerprint density at radius 2 is 2.28 bits per heavy atom. The van der Waals surface area contributed by atoms with E-state index in [4.69, 9.17) is 5.73 Å². The number of hydrogen-bond acceptors (Lipinski definition) is 6. The number of phenols is 1. The van der Waals surface area contributed by atoms with Gasteiger partial charge < -0.3 is 26.6 Å². The number of phenolic OH excluding ortho intramolecular Hbond substituents is 1. The third-order valence-electron chi connectivity index (χ3n) is 2.43. The lowest BCUT2D eigenvalue weighted by Gasteiger charge is -2.20. The van der Waals surface area contributed by atoms with Gasteiger partial charge in [-0.3, -0.25) is 9.79 Å². The second-order valence-corrected chi connectivity index (χ2v) is 3.98. The zero-order valence-electron chi connectivity index (χ0n) is 9.55. The van der Waals surface area contributed by atoms with Crippen molar-refractivity contribution in [1.82, 2.24) is 5.32 Å². The monoisotopic (exact) mass is 250 g/mol. The predicted octanol–water partition coefficient (Wildman–Crippen LogP) is -0.777. The van der Waals surface area contributed by atoms with E-state index in [9.17, 15) is 15.0 Å². The first-order valence-corrected chi connectivity index (χ1v) is 5.42. The molecular weight excluding hydrogens is 236 g/mol. The highest BCUT2D eigenvalue weighted by molar-refractivity contribution is 5.98. The lowest BCUT2D eigenvalue weighted by molar-refractivity contribution is 0.1000. The molecule has 0 fully saturated rings. The molecule has 1 aliphatic heterocycles. The number of amides is 1. The molecule has 0 saturated carbocycles. The van der Waals surface area contributed by atoms with Crippen LogP contribution in [-0.2, 0) is 0 Å². The molecule has 1 atom stereocenters. The van der Waals surface area contributed by atoms with Gasteiger partial charge in [-0.15, -0.1) is 0 Å². The number of benzene rings is 1. The van der Waals surface area contributed by atoms with Crippen molar-refractivity contribution in [3.05, 3.63) is 23.8 Å². The third kappa shape index (κ3) is 2.89. The van der Waals surface area contributed by atoms with E-state index in [2.05, 4.69) is 15.6 Å². The summed E-state index contributed by atoms with van der Waals surface area (Å²) in [6.07, 6.45) is -0.499. The summed E-state index contributed by atoms with van der Waals surface area (Å²) in [5.41, 5.74) is 5.84. The first-order valence-electron chi connectivity index (χ1n) is 5.42. The minimum atomic E-state index is -0.622. The highest BCUT2D eigenvalue weighted by atomic mass is 16.3. The molecule has 1 aliphatic rings. The Balaban J connectivity index is 2.16. The molecule has 18 heavy (non-hydrogen) atoms. The van der Waals surface area contributed by atoms with Crippen LogP contribution in [0, 0.1) is 0 Å². The highest BCUT2D eigenvalue weighted by Crippen LogP contribution is 2.19. The minimum absolute atomic E-state index is 0.0646. The lowest BCUT2D eigenvalue weighted by Crippen LogP contribution is -2.42. The number of rotatable bonds is 2. The third-order valence-corrected chi connectivity index (χ3v) is 2.43. The Kier molecular flexibility index (Phi) is 3.33. The second-order valence-electron chi connectivity index (χ2n) is 3.98. The van der Waals surface area contributed by atoms with Crippen LogP contribution in [0.5, 0.6) is 5.75 Å². The van der Waals surface area contributed by atoms with Crippen LogP contribution in [0.2, 0.25) is 0 Å². The zero-order chi connectivity index (χ0) is 13.1. The number of nitrogens with zero attached hydrogens (tertiary/aromatic N) is 1. The van der Waals surface area contributed by atoms with Crippen molar-refractivity contribution in [2.75, 3.05) is 18.4 Å². The van der Waals surface area contributed by atoms with Crippen molar-refractivity contribution in [3.8, 4) is 5.75 Å². The van der Waals surface area contributed by atoms with Gasteiger partial charge >= 0.3 is 0 Å². The smallest absolute Gasteiger partial charge is 0.248 e. The van der Waals surface area contributed by atoms with E-state index in [-0.39, 0.29) is 11.3 Å². The fourth-order valence-corrected chi connectivity index (χ4v) is 1.58. The summed E-state index contributed by atoms with van der Waals surface area (Å²) in [4.78, 5) is 15.1. The van der Waals surface area contributed by atoms with Gasteiger partial charge in [0.2, 0.25) is 5.91 Å². The average molecular weight is 250 g/mol. The topological polar surface area (TPSA) is 120 Å². The van der Waals surface area contributed by atoms with Crippen molar-refractivity contribution in [2.45, 2.75) is 6.10 Å². The van der Waals surface area contributed by atoms with Crippen molar-refractivity contribution in [2.24, 2.45) is 10.7 Å². The molecule has 96 valence electrons. The maximum absolute atomic E-state index is 11.0. The summed E-state index contributed by atoms with van der Waals surface area (Å²) in [6.45, 7) is 0.699. The maximum Gasteiger partial charge on any atom is 0.248 e. The number of aromatic hydroxyl groups is 1. The molecule has 7 nitrogen and oxygen atoms in total. The number of carbonyl (C=O) groups excluding carboxylic acids is 1. The molecule has 6 N–H and O–H groups in total. The van der Waals surface area contributed by atoms with E-state index in [1.165, 1.54) is 18.2 Å². The van der Waals surface area contributed by atoms with Gasteiger partial charge in [-0.2, -0.15) is 0 Å². The number of aliphatic imine (C=N–C) groups is 1. The van der Waals surface area contributed by atoms with E-state index >= 15 is 0 Å². The van der Waals surface area contributed by atoms with E-state index in [1.807, 2.05) is 0 Å². The molecule has 0 spiro atoms. The van der Waals surface area contributed by atoms with Crippen LogP contribution in [0.1, 0.15) is 10.4 Å². The maximum atomic E-state index is 11.0. The predicted molar refractivity (Wildman–Crippen MR) is 66.6 cm³/mol. The van der Waals surface area contributed by atoms with Gasteiger partial charge in [-0.1, -0.05) is 0 Å². The van der Waals surface area contributed by atoms with Crippen molar-refractivity contribution >= 4 is 17.6 Å². The number of hydrogen-bond donors (Lipinski definition) is 5. The highest BCUT2D eigenvalue weighted by Gasteiger charge is 2.12. The largest absolute Gasteiger partial charge is 0.508 e. The fourth-order valence-electron chi connectivity index (χ4n) is 1.58. The molecular formula is C11H14N4O3. The zero-order valence-corrected chi connectivity index (χ0v) is 9.55. The van der Waals surface area contributed by atoms with Crippen molar-refractivity contribution < 1.29 is 15.0 Å². The summed E-state index contributed by atoms with van der Waals surface area (Å²) >= 11 is 0. The molecule has 1 aromatic rings. The Hall–Kier alpha value is -2.28. The number of aliphatic hydroxyl groups is 1. The van der Waals surface area contributed by atoms with Gasteiger partial charge in [0.15, 0.2) is 5.96 Å². The minimum Gasteiger partial charge on any atom is -0.508 e. The molecule has 1 aromatic carbocycles. The Morgan fingerprint density at radius 1 is 1.50 bits per heavy atom. The van der Waals surface area contributed by atoms with Crippen LogP contribution < -0.4 is 16.4 Å². The molecule has 1 unspecified atom stereocenters. The standard InChI is InChI=1S/C11H14N4O3/c12-10(18)6-1-7(3-8(16)2-6)15-11-13-4-9(17)5-14-11/h1-3,9,16-17H,4-5H2,(H2,12,18)(H2,13,14,15).